The fraction of sp³-hybridized carbons (Fsp3) is 0.476. The Morgan fingerprint density at radius 3 is 2.35 bits per heavy atom. The standard InChI is InChI=1S/C17H22N2O3S.C4H4O4/c1-12(15-10-21-13-4-2-3-5-14(13)22-15)19-8-6-17(7-9-19)18-16(20)11-23-17;5-3(6)1-2-4(7)8/h2-5,12,15H,6-11H2,1H3,(H,18,20);1-2H,(H,5,6)(H,7,8)/b;2-1-. The number of fused-ring (bicyclic) bond motifs is 1. The number of hydrogen-bond donors (Lipinski definition) is 3. The number of para-hydroxylation sites is 2. The van der Waals surface area contributed by atoms with Gasteiger partial charge in [0.2, 0.25) is 5.91 Å². The number of nitrogens with zero attached hydrogens (tertiary/aromatic N) is 1. The van der Waals surface area contributed by atoms with Crippen molar-refractivity contribution in [1.29, 1.82) is 0 Å². The average molecular weight is 451 g/mol. The Hall–Kier alpha value is -2.72. The van der Waals surface area contributed by atoms with Crippen molar-refractivity contribution in [2.45, 2.75) is 36.8 Å². The Bertz CT molecular complexity index is 836. The highest BCUT2D eigenvalue weighted by Crippen LogP contribution is 2.38. The lowest BCUT2D eigenvalue weighted by Crippen LogP contribution is -2.55. The van der Waals surface area contributed by atoms with Crippen LogP contribution >= 0.6 is 11.8 Å². The number of nitrogens with one attached hydrogen (secondary N) is 1. The van der Waals surface area contributed by atoms with Crippen LogP contribution in [0.25, 0.3) is 0 Å². The van der Waals surface area contributed by atoms with Crippen LogP contribution < -0.4 is 14.8 Å². The SMILES string of the molecule is CC(C1COc2ccccc2O1)N1CCC2(CC1)NC(=O)CS2.O=C(O)/C=C\C(=O)O. The summed E-state index contributed by atoms with van der Waals surface area (Å²) >= 11 is 1.77. The fourth-order valence-corrected chi connectivity index (χ4v) is 4.88. The number of carbonyl (C=O) groups is 3. The lowest BCUT2D eigenvalue weighted by molar-refractivity contribution is -0.134. The molecule has 2 fully saturated rings. The first-order valence-electron chi connectivity index (χ1n) is 9.99. The van der Waals surface area contributed by atoms with Crippen LogP contribution in [0, 0.1) is 0 Å². The zero-order valence-electron chi connectivity index (χ0n) is 17.2. The largest absolute Gasteiger partial charge is 0.486 e. The predicted molar refractivity (Wildman–Crippen MR) is 114 cm³/mol. The second-order valence-electron chi connectivity index (χ2n) is 7.53. The number of thioether (sulfide) groups is 1. The molecule has 2 unspecified atom stereocenters. The van der Waals surface area contributed by atoms with E-state index in [9.17, 15) is 14.4 Å². The van der Waals surface area contributed by atoms with Crippen molar-refractivity contribution in [1.82, 2.24) is 10.2 Å². The summed E-state index contributed by atoms with van der Waals surface area (Å²) in [7, 11) is 0. The zero-order valence-corrected chi connectivity index (χ0v) is 18.0. The van der Waals surface area contributed by atoms with E-state index in [1.165, 1.54) is 0 Å². The molecular weight excluding hydrogens is 424 g/mol. The van der Waals surface area contributed by atoms with E-state index in [-0.39, 0.29) is 16.9 Å². The van der Waals surface area contributed by atoms with Gasteiger partial charge >= 0.3 is 11.9 Å². The van der Waals surface area contributed by atoms with Gasteiger partial charge in [-0.05, 0) is 31.9 Å². The van der Waals surface area contributed by atoms with Gasteiger partial charge in [0.15, 0.2) is 11.5 Å². The summed E-state index contributed by atoms with van der Waals surface area (Å²) in [6.45, 7) is 4.76. The van der Waals surface area contributed by atoms with Gasteiger partial charge in [0, 0.05) is 31.3 Å². The molecule has 31 heavy (non-hydrogen) atoms. The molecule has 2 saturated heterocycles. The van der Waals surface area contributed by atoms with Crippen LogP contribution in [0.3, 0.4) is 0 Å². The van der Waals surface area contributed by atoms with E-state index in [1.54, 1.807) is 11.8 Å². The van der Waals surface area contributed by atoms with Gasteiger partial charge in [-0.1, -0.05) is 12.1 Å². The summed E-state index contributed by atoms with van der Waals surface area (Å²) in [5, 5.41) is 18.8. The highest BCUT2D eigenvalue weighted by Gasteiger charge is 2.43. The molecule has 0 aliphatic carbocycles. The second kappa shape index (κ2) is 10.1. The number of carbonyl (C=O) groups excluding carboxylic acids is 1. The van der Waals surface area contributed by atoms with Crippen LogP contribution in [0.5, 0.6) is 11.5 Å². The second-order valence-corrected chi connectivity index (χ2v) is 8.89. The monoisotopic (exact) mass is 450 g/mol. The molecule has 3 aliphatic rings. The Morgan fingerprint density at radius 2 is 1.81 bits per heavy atom. The molecule has 3 heterocycles. The first kappa shape index (κ1) is 23.0. The van der Waals surface area contributed by atoms with E-state index in [1.807, 2.05) is 24.3 Å². The quantitative estimate of drug-likeness (QED) is 0.586. The van der Waals surface area contributed by atoms with E-state index in [4.69, 9.17) is 19.7 Å². The minimum Gasteiger partial charge on any atom is -0.486 e. The number of amides is 1. The van der Waals surface area contributed by atoms with Crippen LogP contribution in [0.15, 0.2) is 36.4 Å². The topological polar surface area (TPSA) is 125 Å². The minimum atomic E-state index is -1.26. The molecule has 1 amide bonds. The molecule has 1 spiro atoms. The van der Waals surface area contributed by atoms with Crippen LogP contribution in [-0.4, -0.2) is 75.4 Å². The third-order valence-electron chi connectivity index (χ3n) is 5.47. The number of likely N-dealkylation sites (tertiary alicyclic amines) is 1. The Balaban J connectivity index is 0.000000293. The maximum absolute atomic E-state index is 11.5. The fourth-order valence-electron chi connectivity index (χ4n) is 3.74. The van der Waals surface area contributed by atoms with Crippen molar-refractivity contribution in [3.8, 4) is 11.5 Å². The van der Waals surface area contributed by atoms with Crippen molar-refractivity contribution in [3.05, 3.63) is 36.4 Å². The van der Waals surface area contributed by atoms with Crippen LogP contribution in [-0.2, 0) is 14.4 Å². The molecule has 168 valence electrons. The summed E-state index contributed by atoms with van der Waals surface area (Å²) in [4.78, 5) is 33.1. The summed E-state index contributed by atoms with van der Waals surface area (Å²) in [6.07, 6.45) is 3.16. The van der Waals surface area contributed by atoms with Crippen molar-refractivity contribution in [2.75, 3.05) is 25.4 Å². The number of ether oxygens (including phenoxy) is 2. The molecule has 0 aromatic heterocycles. The third-order valence-corrected chi connectivity index (χ3v) is 6.94. The van der Waals surface area contributed by atoms with E-state index in [0.717, 1.165) is 37.4 Å². The highest BCUT2D eigenvalue weighted by molar-refractivity contribution is 8.01. The number of piperidine rings is 1. The van der Waals surface area contributed by atoms with Gasteiger partial charge in [-0.15, -0.1) is 11.8 Å². The maximum atomic E-state index is 11.5. The van der Waals surface area contributed by atoms with E-state index in [2.05, 4.69) is 17.1 Å². The van der Waals surface area contributed by atoms with Crippen LogP contribution in [0.4, 0.5) is 0 Å². The lowest BCUT2D eigenvalue weighted by Gasteiger charge is -2.43. The van der Waals surface area contributed by atoms with Crippen molar-refractivity contribution >= 4 is 29.6 Å². The van der Waals surface area contributed by atoms with Gasteiger partial charge in [-0.2, -0.15) is 0 Å². The molecule has 10 heteroatoms. The number of hydrogen-bond acceptors (Lipinski definition) is 7. The number of aliphatic carboxylic acids is 2. The van der Waals surface area contributed by atoms with Crippen molar-refractivity contribution in [2.24, 2.45) is 0 Å². The molecule has 1 aromatic carbocycles. The van der Waals surface area contributed by atoms with Gasteiger partial charge in [-0.25, -0.2) is 9.59 Å². The Morgan fingerprint density at radius 1 is 1.19 bits per heavy atom. The van der Waals surface area contributed by atoms with Gasteiger partial charge in [0.05, 0.1) is 10.6 Å². The van der Waals surface area contributed by atoms with Crippen LogP contribution in [0.2, 0.25) is 0 Å². The molecule has 3 aliphatic heterocycles. The van der Waals surface area contributed by atoms with Gasteiger partial charge in [0.25, 0.3) is 0 Å². The zero-order chi connectivity index (χ0) is 22.4. The summed E-state index contributed by atoms with van der Waals surface area (Å²) < 4.78 is 12.0. The molecule has 2 atom stereocenters. The molecular formula is C21H26N2O7S. The van der Waals surface area contributed by atoms with Gasteiger partial charge in [-0.3, -0.25) is 9.69 Å². The third kappa shape index (κ3) is 6.14. The van der Waals surface area contributed by atoms with E-state index >= 15 is 0 Å². The van der Waals surface area contributed by atoms with Gasteiger partial charge in [0.1, 0.15) is 12.7 Å². The highest BCUT2D eigenvalue weighted by atomic mass is 32.2. The predicted octanol–water partition coefficient (Wildman–Crippen LogP) is 1.58. The number of carboxylic acid groups (broad SMARTS) is 2. The number of rotatable bonds is 4. The first-order valence-corrected chi connectivity index (χ1v) is 11.0. The normalized spacial score (nSPS) is 23.0. The number of carboxylic acids is 2. The van der Waals surface area contributed by atoms with Gasteiger partial charge < -0.3 is 25.0 Å². The maximum Gasteiger partial charge on any atom is 0.328 e. The molecule has 0 saturated carbocycles. The molecule has 1 aromatic rings. The van der Waals surface area contributed by atoms with Crippen molar-refractivity contribution < 1.29 is 34.1 Å². The molecule has 9 nitrogen and oxygen atoms in total. The Kier molecular flexibility index (Phi) is 7.45. The molecule has 0 radical (unpaired) electrons. The molecule has 4 rings (SSSR count). The number of benzene rings is 1. The lowest BCUT2D eigenvalue weighted by atomic mass is 10.0. The first-order chi connectivity index (χ1) is 14.8. The molecule has 0 bridgehead atoms. The summed E-state index contributed by atoms with van der Waals surface area (Å²) in [6, 6.07) is 8.14. The summed E-state index contributed by atoms with van der Waals surface area (Å²) in [5.41, 5.74) is 0. The van der Waals surface area contributed by atoms with E-state index < -0.39 is 11.9 Å². The van der Waals surface area contributed by atoms with E-state index in [0.29, 0.717) is 30.6 Å². The summed E-state index contributed by atoms with van der Waals surface area (Å²) in [5.74, 6) is -0.0652. The van der Waals surface area contributed by atoms with Crippen molar-refractivity contribution in [3.63, 3.8) is 0 Å². The molecule has 3 N–H and O–H groups in total. The Labute approximate surface area is 184 Å². The van der Waals surface area contributed by atoms with Crippen LogP contribution in [0.1, 0.15) is 19.8 Å². The average Bonchev–Trinajstić information content (AvgIpc) is 3.12. The smallest absolute Gasteiger partial charge is 0.328 e. The minimum absolute atomic E-state index is 0.0240.